The Labute approximate surface area is 143 Å². The Balaban J connectivity index is 2.54. The highest BCUT2D eigenvalue weighted by atomic mass is 32.1. The summed E-state index contributed by atoms with van der Waals surface area (Å²) in [6.07, 6.45) is 1.33. The zero-order valence-electron chi connectivity index (χ0n) is 13.3. The second-order valence-electron chi connectivity index (χ2n) is 4.58. The SMILES string of the molecule is COc1cc(OC)c(-c2ccc(/C=C(/C#N)C(=O)O)s2)c(OC)c1. The number of hydrogen-bond donors (Lipinski definition) is 1. The van der Waals surface area contributed by atoms with E-state index in [2.05, 4.69) is 0 Å². The van der Waals surface area contributed by atoms with Crippen molar-refractivity contribution < 1.29 is 24.1 Å². The van der Waals surface area contributed by atoms with Crippen molar-refractivity contribution in [3.8, 4) is 33.8 Å². The third kappa shape index (κ3) is 3.50. The Kier molecular flexibility index (Phi) is 5.45. The molecule has 0 fully saturated rings. The Morgan fingerprint density at radius 3 is 2.25 bits per heavy atom. The van der Waals surface area contributed by atoms with Crippen molar-refractivity contribution in [2.24, 2.45) is 0 Å². The summed E-state index contributed by atoms with van der Waals surface area (Å²) in [7, 11) is 4.64. The number of methoxy groups -OCH3 is 3. The standard InChI is InChI=1S/C17H15NO5S/c1-21-11-7-13(22-2)16(14(8-11)23-3)15-5-4-12(24-15)6-10(9-18)17(19)20/h4-8H,1-3H3,(H,19,20)/b10-6-. The third-order valence-electron chi connectivity index (χ3n) is 3.23. The van der Waals surface area contributed by atoms with Gasteiger partial charge in [0.25, 0.3) is 0 Å². The summed E-state index contributed by atoms with van der Waals surface area (Å²) in [5.41, 5.74) is 0.413. The van der Waals surface area contributed by atoms with Crippen molar-refractivity contribution in [1.82, 2.24) is 0 Å². The number of hydrogen-bond acceptors (Lipinski definition) is 6. The molecule has 1 aromatic carbocycles. The van der Waals surface area contributed by atoms with Gasteiger partial charge in [0.15, 0.2) is 0 Å². The lowest BCUT2D eigenvalue weighted by molar-refractivity contribution is -0.132. The Morgan fingerprint density at radius 2 is 1.79 bits per heavy atom. The molecule has 0 radical (unpaired) electrons. The van der Waals surface area contributed by atoms with Crippen molar-refractivity contribution >= 4 is 23.4 Å². The number of aliphatic carboxylic acids is 1. The molecule has 1 N–H and O–H groups in total. The van der Waals surface area contributed by atoms with Gasteiger partial charge in [-0.05, 0) is 18.2 Å². The molecule has 0 atom stereocenters. The van der Waals surface area contributed by atoms with Gasteiger partial charge >= 0.3 is 5.97 Å². The molecule has 24 heavy (non-hydrogen) atoms. The quantitative estimate of drug-likeness (QED) is 0.637. The summed E-state index contributed by atoms with van der Waals surface area (Å²) in [6.45, 7) is 0. The van der Waals surface area contributed by atoms with Crippen LogP contribution in [0.4, 0.5) is 0 Å². The van der Waals surface area contributed by atoms with Gasteiger partial charge in [0.1, 0.15) is 28.9 Å². The molecule has 1 aromatic heterocycles. The summed E-state index contributed by atoms with van der Waals surface area (Å²) >= 11 is 1.33. The number of thiophene rings is 1. The monoisotopic (exact) mass is 345 g/mol. The van der Waals surface area contributed by atoms with Crippen LogP contribution in [0.3, 0.4) is 0 Å². The molecule has 0 spiro atoms. The van der Waals surface area contributed by atoms with E-state index in [-0.39, 0.29) is 5.57 Å². The smallest absolute Gasteiger partial charge is 0.346 e. The Morgan fingerprint density at radius 1 is 1.17 bits per heavy atom. The molecule has 0 aliphatic rings. The zero-order chi connectivity index (χ0) is 17.7. The van der Waals surface area contributed by atoms with Crippen LogP contribution in [0.2, 0.25) is 0 Å². The Bertz CT molecular complexity index is 807. The first-order valence-electron chi connectivity index (χ1n) is 6.79. The van der Waals surface area contributed by atoms with E-state index in [1.54, 1.807) is 45.6 Å². The Hall–Kier alpha value is -2.98. The number of carboxylic acid groups (broad SMARTS) is 1. The number of rotatable bonds is 6. The van der Waals surface area contributed by atoms with E-state index in [0.717, 1.165) is 10.4 Å². The molecular formula is C17H15NO5S. The normalized spacial score (nSPS) is 10.8. The molecular weight excluding hydrogens is 330 g/mol. The van der Waals surface area contributed by atoms with Crippen molar-refractivity contribution in [2.75, 3.05) is 21.3 Å². The fourth-order valence-electron chi connectivity index (χ4n) is 2.10. The van der Waals surface area contributed by atoms with Gasteiger partial charge in [-0.2, -0.15) is 5.26 Å². The van der Waals surface area contributed by atoms with Gasteiger partial charge in [-0.1, -0.05) is 0 Å². The zero-order valence-corrected chi connectivity index (χ0v) is 14.1. The lowest BCUT2D eigenvalue weighted by atomic mass is 10.1. The van der Waals surface area contributed by atoms with Gasteiger partial charge in [-0.25, -0.2) is 4.79 Å². The van der Waals surface area contributed by atoms with Crippen LogP contribution < -0.4 is 14.2 Å². The molecule has 0 saturated carbocycles. The fraction of sp³-hybridized carbons (Fsp3) is 0.176. The van der Waals surface area contributed by atoms with Crippen molar-refractivity contribution in [3.05, 3.63) is 34.7 Å². The highest BCUT2D eigenvalue weighted by Crippen LogP contribution is 2.44. The van der Waals surface area contributed by atoms with Gasteiger partial charge in [0, 0.05) is 21.9 Å². The fourth-order valence-corrected chi connectivity index (χ4v) is 3.10. The number of nitriles is 1. The minimum Gasteiger partial charge on any atom is -0.496 e. The maximum absolute atomic E-state index is 10.9. The number of carbonyl (C=O) groups is 1. The number of nitrogens with zero attached hydrogens (tertiary/aromatic N) is 1. The summed E-state index contributed by atoms with van der Waals surface area (Å²) in [5.74, 6) is 0.485. The average Bonchev–Trinajstić information content (AvgIpc) is 3.06. The van der Waals surface area contributed by atoms with Crippen LogP contribution in [0.5, 0.6) is 17.2 Å². The lowest BCUT2D eigenvalue weighted by Gasteiger charge is -2.13. The molecule has 7 heteroatoms. The number of benzene rings is 1. The summed E-state index contributed by atoms with van der Waals surface area (Å²) < 4.78 is 16.1. The molecule has 124 valence electrons. The van der Waals surface area contributed by atoms with Crippen LogP contribution in [0.25, 0.3) is 16.5 Å². The predicted octanol–water partition coefficient (Wildman–Crippen LogP) is 3.43. The van der Waals surface area contributed by atoms with E-state index < -0.39 is 5.97 Å². The van der Waals surface area contributed by atoms with Crippen LogP contribution in [0, 0.1) is 11.3 Å². The summed E-state index contributed by atoms with van der Waals surface area (Å²) in [6, 6.07) is 8.70. The van der Waals surface area contributed by atoms with E-state index in [0.29, 0.717) is 22.1 Å². The van der Waals surface area contributed by atoms with Crippen LogP contribution in [0.15, 0.2) is 29.8 Å². The van der Waals surface area contributed by atoms with E-state index >= 15 is 0 Å². The van der Waals surface area contributed by atoms with Crippen molar-refractivity contribution in [1.29, 1.82) is 5.26 Å². The predicted molar refractivity (Wildman–Crippen MR) is 90.6 cm³/mol. The molecule has 0 unspecified atom stereocenters. The van der Waals surface area contributed by atoms with Crippen LogP contribution >= 0.6 is 11.3 Å². The molecule has 0 saturated heterocycles. The minimum atomic E-state index is -1.26. The van der Waals surface area contributed by atoms with Gasteiger partial charge in [-0.15, -0.1) is 11.3 Å². The van der Waals surface area contributed by atoms with Gasteiger partial charge in [-0.3, -0.25) is 0 Å². The average molecular weight is 345 g/mol. The highest BCUT2D eigenvalue weighted by molar-refractivity contribution is 7.16. The first-order chi connectivity index (χ1) is 11.5. The molecule has 0 aliphatic heterocycles. The van der Waals surface area contributed by atoms with Crippen LogP contribution in [-0.2, 0) is 4.79 Å². The van der Waals surface area contributed by atoms with Crippen molar-refractivity contribution in [2.45, 2.75) is 0 Å². The number of carboxylic acids is 1. The van der Waals surface area contributed by atoms with E-state index in [9.17, 15) is 4.79 Å². The van der Waals surface area contributed by atoms with E-state index in [4.69, 9.17) is 24.6 Å². The first-order valence-corrected chi connectivity index (χ1v) is 7.61. The van der Waals surface area contributed by atoms with Crippen molar-refractivity contribution in [3.63, 3.8) is 0 Å². The summed E-state index contributed by atoms with van der Waals surface area (Å²) in [4.78, 5) is 12.4. The summed E-state index contributed by atoms with van der Waals surface area (Å²) in [5, 5.41) is 17.8. The minimum absolute atomic E-state index is 0.322. The number of ether oxygens (including phenoxy) is 3. The molecule has 6 nitrogen and oxygen atoms in total. The topological polar surface area (TPSA) is 88.8 Å². The highest BCUT2D eigenvalue weighted by Gasteiger charge is 2.17. The molecule has 2 rings (SSSR count). The molecule has 0 aliphatic carbocycles. The molecule has 2 aromatic rings. The maximum atomic E-state index is 10.9. The molecule has 0 bridgehead atoms. The van der Waals surface area contributed by atoms with E-state index in [1.165, 1.54) is 17.4 Å². The van der Waals surface area contributed by atoms with Crippen LogP contribution in [-0.4, -0.2) is 32.4 Å². The molecule has 1 heterocycles. The van der Waals surface area contributed by atoms with Crippen LogP contribution in [0.1, 0.15) is 4.88 Å². The maximum Gasteiger partial charge on any atom is 0.346 e. The first kappa shape index (κ1) is 17.4. The molecule has 0 amide bonds. The van der Waals surface area contributed by atoms with Gasteiger partial charge < -0.3 is 19.3 Å². The second-order valence-corrected chi connectivity index (χ2v) is 5.70. The van der Waals surface area contributed by atoms with Gasteiger partial charge in [0.2, 0.25) is 0 Å². The van der Waals surface area contributed by atoms with E-state index in [1.807, 2.05) is 6.07 Å². The lowest BCUT2D eigenvalue weighted by Crippen LogP contribution is -1.96. The second kappa shape index (κ2) is 7.53. The van der Waals surface area contributed by atoms with Gasteiger partial charge in [0.05, 0.1) is 26.9 Å². The third-order valence-corrected chi connectivity index (χ3v) is 4.28. The largest absolute Gasteiger partial charge is 0.496 e.